The molecule has 1 aromatic heterocycles. The largest absolute Gasteiger partial charge is 0.393 e. The summed E-state index contributed by atoms with van der Waals surface area (Å²) < 4.78 is 0. The zero-order valence-electron chi connectivity index (χ0n) is 9.04. The molecule has 0 spiro atoms. The smallest absolute Gasteiger partial charge is 0.158 e. The molecule has 0 aliphatic rings. The standard InChI is InChI=1S/C11H10Cl2N4/c1-6-4-7(12)2-3-8(6)17-11-9(14)10(13)15-5-16-11/h2-5H,14H2,1H3,(H,15,16,17). The minimum Gasteiger partial charge on any atom is -0.393 e. The van der Waals surface area contributed by atoms with Gasteiger partial charge >= 0.3 is 0 Å². The topological polar surface area (TPSA) is 63.8 Å². The fourth-order valence-corrected chi connectivity index (χ4v) is 1.73. The molecular formula is C11H10Cl2N4. The summed E-state index contributed by atoms with van der Waals surface area (Å²) in [5.41, 5.74) is 7.95. The summed E-state index contributed by atoms with van der Waals surface area (Å²) in [5.74, 6) is 0.482. The first-order chi connectivity index (χ1) is 8.08. The number of nitrogens with one attached hydrogen (secondary N) is 1. The van der Waals surface area contributed by atoms with Gasteiger partial charge in [0.05, 0.1) is 0 Å². The van der Waals surface area contributed by atoms with Crippen LogP contribution in [0.5, 0.6) is 0 Å². The van der Waals surface area contributed by atoms with Gasteiger partial charge in [-0.3, -0.25) is 0 Å². The minimum atomic E-state index is 0.231. The van der Waals surface area contributed by atoms with E-state index in [0.717, 1.165) is 11.3 Å². The maximum atomic E-state index is 5.88. The van der Waals surface area contributed by atoms with Crippen molar-refractivity contribution < 1.29 is 0 Å². The van der Waals surface area contributed by atoms with Gasteiger partial charge in [0, 0.05) is 10.7 Å². The fraction of sp³-hybridized carbons (Fsp3) is 0.0909. The minimum absolute atomic E-state index is 0.231. The highest BCUT2D eigenvalue weighted by Crippen LogP contribution is 2.27. The molecular weight excluding hydrogens is 259 g/mol. The molecule has 0 fully saturated rings. The molecule has 1 aromatic carbocycles. The van der Waals surface area contributed by atoms with Crippen LogP contribution in [0.25, 0.3) is 0 Å². The van der Waals surface area contributed by atoms with E-state index in [0.29, 0.717) is 16.5 Å². The van der Waals surface area contributed by atoms with Crippen molar-refractivity contribution >= 4 is 40.4 Å². The zero-order valence-corrected chi connectivity index (χ0v) is 10.5. The third kappa shape index (κ3) is 2.60. The van der Waals surface area contributed by atoms with Crippen molar-refractivity contribution in [1.82, 2.24) is 9.97 Å². The van der Waals surface area contributed by atoms with E-state index in [4.69, 9.17) is 28.9 Å². The SMILES string of the molecule is Cc1cc(Cl)ccc1Nc1ncnc(Cl)c1N. The molecule has 0 bridgehead atoms. The van der Waals surface area contributed by atoms with Crippen molar-refractivity contribution in [3.63, 3.8) is 0 Å². The van der Waals surface area contributed by atoms with Gasteiger partial charge in [-0.25, -0.2) is 9.97 Å². The summed E-state index contributed by atoms with van der Waals surface area (Å²) in [6, 6.07) is 5.49. The zero-order chi connectivity index (χ0) is 12.4. The molecule has 0 unspecified atom stereocenters. The number of nitrogens with zero attached hydrogens (tertiary/aromatic N) is 2. The molecule has 0 saturated heterocycles. The van der Waals surface area contributed by atoms with Gasteiger partial charge < -0.3 is 11.1 Å². The Hall–Kier alpha value is -1.52. The van der Waals surface area contributed by atoms with Gasteiger partial charge in [-0.2, -0.15) is 0 Å². The normalized spacial score (nSPS) is 10.3. The summed E-state index contributed by atoms with van der Waals surface area (Å²) in [6.45, 7) is 1.94. The summed E-state index contributed by atoms with van der Waals surface area (Å²) in [4.78, 5) is 7.82. The van der Waals surface area contributed by atoms with Gasteiger partial charge in [-0.05, 0) is 30.7 Å². The molecule has 88 valence electrons. The number of nitrogen functional groups attached to an aromatic ring is 1. The number of hydrogen-bond acceptors (Lipinski definition) is 4. The molecule has 0 amide bonds. The number of rotatable bonds is 2. The summed E-state index contributed by atoms with van der Waals surface area (Å²) in [7, 11) is 0. The van der Waals surface area contributed by atoms with Crippen molar-refractivity contribution in [2.45, 2.75) is 6.92 Å². The molecule has 4 nitrogen and oxygen atoms in total. The number of hydrogen-bond donors (Lipinski definition) is 2. The first-order valence-corrected chi connectivity index (χ1v) is 5.62. The predicted molar refractivity (Wildman–Crippen MR) is 70.9 cm³/mol. The van der Waals surface area contributed by atoms with E-state index in [1.807, 2.05) is 19.1 Å². The lowest BCUT2D eigenvalue weighted by molar-refractivity contribution is 1.17. The molecule has 17 heavy (non-hydrogen) atoms. The van der Waals surface area contributed by atoms with E-state index < -0.39 is 0 Å². The Morgan fingerprint density at radius 1 is 1.24 bits per heavy atom. The highest BCUT2D eigenvalue weighted by atomic mass is 35.5. The van der Waals surface area contributed by atoms with Crippen LogP contribution in [0.1, 0.15) is 5.56 Å². The second kappa shape index (κ2) is 4.77. The average Bonchev–Trinajstić information content (AvgIpc) is 2.28. The monoisotopic (exact) mass is 268 g/mol. The van der Waals surface area contributed by atoms with Gasteiger partial charge in [0.2, 0.25) is 0 Å². The average molecular weight is 269 g/mol. The van der Waals surface area contributed by atoms with E-state index in [9.17, 15) is 0 Å². The number of nitrogens with two attached hydrogens (primary N) is 1. The van der Waals surface area contributed by atoms with E-state index in [1.165, 1.54) is 6.33 Å². The molecule has 1 heterocycles. The summed E-state index contributed by atoms with van der Waals surface area (Å²) in [6.07, 6.45) is 1.35. The van der Waals surface area contributed by atoms with Crippen LogP contribution < -0.4 is 11.1 Å². The molecule has 0 atom stereocenters. The lowest BCUT2D eigenvalue weighted by Gasteiger charge is -2.11. The van der Waals surface area contributed by atoms with Crippen molar-refractivity contribution in [3.8, 4) is 0 Å². The third-order valence-corrected chi connectivity index (χ3v) is 2.81. The molecule has 0 aliphatic carbocycles. The number of benzene rings is 1. The van der Waals surface area contributed by atoms with Gasteiger partial charge in [0.1, 0.15) is 12.0 Å². The van der Waals surface area contributed by atoms with E-state index in [-0.39, 0.29) is 5.15 Å². The Balaban J connectivity index is 2.35. The first-order valence-electron chi connectivity index (χ1n) is 4.87. The predicted octanol–water partition coefficient (Wildman–Crippen LogP) is 3.42. The Bertz CT molecular complexity index is 557. The highest BCUT2D eigenvalue weighted by molar-refractivity contribution is 6.32. The van der Waals surface area contributed by atoms with Crippen LogP contribution >= 0.6 is 23.2 Å². The Morgan fingerprint density at radius 2 is 2.00 bits per heavy atom. The molecule has 2 rings (SSSR count). The van der Waals surface area contributed by atoms with Gasteiger partial charge in [0.25, 0.3) is 0 Å². The summed E-state index contributed by atoms with van der Waals surface area (Å²) in [5, 5.41) is 4.00. The van der Waals surface area contributed by atoms with Gasteiger partial charge in [-0.1, -0.05) is 23.2 Å². The van der Waals surface area contributed by atoms with Gasteiger partial charge in [-0.15, -0.1) is 0 Å². The molecule has 0 aliphatic heterocycles. The second-order valence-electron chi connectivity index (χ2n) is 3.51. The van der Waals surface area contributed by atoms with Crippen molar-refractivity contribution in [3.05, 3.63) is 40.3 Å². The second-order valence-corrected chi connectivity index (χ2v) is 4.31. The van der Waals surface area contributed by atoms with Crippen LogP contribution in [0.3, 0.4) is 0 Å². The number of halogens is 2. The van der Waals surface area contributed by atoms with Crippen LogP contribution in [0, 0.1) is 6.92 Å². The quantitative estimate of drug-likeness (QED) is 0.820. The number of aryl methyl sites for hydroxylation is 1. The van der Waals surface area contributed by atoms with Crippen molar-refractivity contribution in [2.75, 3.05) is 11.1 Å². The Morgan fingerprint density at radius 3 is 2.71 bits per heavy atom. The van der Waals surface area contributed by atoms with Crippen molar-refractivity contribution in [2.24, 2.45) is 0 Å². The first kappa shape index (κ1) is 12.0. The molecule has 6 heteroatoms. The van der Waals surface area contributed by atoms with E-state index in [2.05, 4.69) is 15.3 Å². The van der Waals surface area contributed by atoms with Crippen LogP contribution in [-0.2, 0) is 0 Å². The molecule has 0 radical (unpaired) electrons. The maximum Gasteiger partial charge on any atom is 0.158 e. The lowest BCUT2D eigenvalue weighted by Crippen LogP contribution is -2.02. The molecule has 3 N–H and O–H groups in total. The van der Waals surface area contributed by atoms with Gasteiger partial charge in [0.15, 0.2) is 11.0 Å². The van der Waals surface area contributed by atoms with E-state index >= 15 is 0 Å². The van der Waals surface area contributed by atoms with Crippen LogP contribution in [0.4, 0.5) is 17.2 Å². The van der Waals surface area contributed by atoms with Crippen LogP contribution in [0.2, 0.25) is 10.2 Å². The number of aromatic nitrogens is 2. The highest BCUT2D eigenvalue weighted by Gasteiger charge is 2.07. The maximum absolute atomic E-state index is 5.88. The molecule has 0 saturated carbocycles. The van der Waals surface area contributed by atoms with E-state index in [1.54, 1.807) is 6.07 Å². The third-order valence-electron chi connectivity index (χ3n) is 2.28. The Kier molecular flexibility index (Phi) is 3.36. The van der Waals surface area contributed by atoms with Crippen LogP contribution in [0.15, 0.2) is 24.5 Å². The fourth-order valence-electron chi connectivity index (χ4n) is 1.37. The lowest BCUT2D eigenvalue weighted by atomic mass is 10.2. The Labute approximate surface area is 109 Å². The summed E-state index contributed by atoms with van der Waals surface area (Å²) >= 11 is 11.7. The number of anilines is 3. The molecule has 2 aromatic rings. The van der Waals surface area contributed by atoms with Crippen molar-refractivity contribution in [1.29, 1.82) is 0 Å². The van der Waals surface area contributed by atoms with Crippen LogP contribution in [-0.4, -0.2) is 9.97 Å².